The molecule has 2 N–H and O–H groups in total. The van der Waals surface area contributed by atoms with Crippen molar-refractivity contribution in [1.29, 1.82) is 0 Å². The summed E-state index contributed by atoms with van der Waals surface area (Å²) >= 11 is 0. The van der Waals surface area contributed by atoms with Gasteiger partial charge in [0.25, 0.3) is 0 Å². The number of hydrogen-bond acceptors (Lipinski definition) is 3. The van der Waals surface area contributed by atoms with Gasteiger partial charge in [-0.05, 0) is 19.9 Å². The van der Waals surface area contributed by atoms with E-state index in [1.807, 2.05) is 6.92 Å². The standard InChI is InChI=1S/C9H19NO2/c1-9(4-6-11)7-10(2)5-3-8(9)12/h8,11-12H,3-7H2,1-2H3. The first-order chi connectivity index (χ1) is 5.58. The molecule has 2 atom stereocenters. The fraction of sp³-hybridized carbons (Fsp3) is 1.00. The zero-order chi connectivity index (χ0) is 9.19. The highest BCUT2D eigenvalue weighted by atomic mass is 16.3. The summed E-state index contributed by atoms with van der Waals surface area (Å²) in [5.74, 6) is 0. The molecule has 0 aromatic rings. The first-order valence-electron chi connectivity index (χ1n) is 4.56. The molecular formula is C9H19NO2. The Morgan fingerprint density at radius 3 is 2.83 bits per heavy atom. The van der Waals surface area contributed by atoms with E-state index in [1.165, 1.54) is 0 Å². The molecule has 0 bridgehead atoms. The highest BCUT2D eigenvalue weighted by Gasteiger charge is 2.36. The molecule has 0 saturated carbocycles. The average Bonchev–Trinajstić information content (AvgIpc) is 1.98. The number of likely N-dealkylation sites (tertiary alicyclic amines) is 1. The maximum Gasteiger partial charge on any atom is 0.0619 e. The summed E-state index contributed by atoms with van der Waals surface area (Å²) in [4.78, 5) is 2.21. The fourth-order valence-electron chi connectivity index (χ4n) is 1.99. The van der Waals surface area contributed by atoms with Crippen LogP contribution in [0, 0.1) is 5.41 Å². The topological polar surface area (TPSA) is 43.7 Å². The largest absolute Gasteiger partial charge is 0.396 e. The smallest absolute Gasteiger partial charge is 0.0619 e. The van der Waals surface area contributed by atoms with Crippen LogP contribution in [0.3, 0.4) is 0 Å². The first kappa shape index (κ1) is 9.96. The van der Waals surface area contributed by atoms with E-state index in [1.54, 1.807) is 0 Å². The third-order valence-corrected chi connectivity index (χ3v) is 2.90. The second kappa shape index (κ2) is 3.73. The normalized spacial score (nSPS) is 38.5. The molecule has 1 fully saturated rings. The van der Waals surface area contributed by atoms with Gasteiger partial charge < -0.3 is 15.1 Å². The molecule has 0 amide bonds. The molecule has 1 aliphatic rings. The predicted molar refractivity (Wildman–Crippen MR) is 47.9 cm³/mol. The van der Waals surface area contributed by atoms with Crippen molar-refractivity contribution in [2.45, 2.75) is 25.9 Å². The molecule has 0 aliphatic carbocycles. The van der Waals surface area contributed by atoms with Crippen LogP contribution in [0.5, 0.6) is 0 Å². The van der Waals surface area contributed by atoms with E-state index in [0.717, 1.165) is 19.5 Å². The fourth-order valence-corrected chi connectivity index (χ4v) is 1.99. The summed E-state index contributed by atoms with van der Waals surface area (Å²) in [6, 6.07) is 0. The number of rotatable bonds is 2. The van der Waals surface area contributed by atoms with Gasteiger partial charge >= 0.3 is 0 Å². The number of aliphatic hydroxyl groups excluding tert-OH is 2. The van der Waals surface area contributed by atoms with Crippen molar-refractivity contribution in [2.24, 2.45) is 5.41 Å². The van der Waals surface area contributed by atoms with Gasteiger partial charge in [0, 0.05) is 25.1 Å². The molecule has 1 saturated heterocycles. The Bertz CT molecular complexity index is 151. The van der Waals surface area contributed by atoms with Crippen LogP contribution in [0.4, 0.5) is 0 Å². The lowest BCUT2D eigenvalue weighted by molar-refractivity contribution is -0.0402. The molecule has 0 aromatic heterocycles. The number of piperidine rings is 1. The predicted octanol–water partition coefficient (Wildman–Crippen LogP) is 0.0715. The lowest BCUT2D eigenvalue weighted by atomic mass is 9.77. The van der Waals surface area contributed by atoms with Crippen LogP contribution in [0.2, 0.25) is 0 Å². The van der Waals surface area contributed by atoms with Gasteiger partial charge in [-0.1, -0.05) is 6.92 Å². The number of nitrogens with zero attached hydrogens (tertiary/aromatic N) is 1. The Morgan fingerprint density at radius 1 is 1.58 bits per heavy atom. The molecule has 3 nitrogen and oxygen atoms in total. The summed E-state index contributed by atoms with van der Waals surface area (Å²) in [7, 11) is 2.06. The van der Waals surface area contributed by atoms with Gasteiger partial charge in [-0.15, -0.1) is 0 Å². The third kappa shape index (κ3) is 1.97. The number of aliphatic hydroxyl groups is 2. The Labute approximate surface area is 74.0 Å². The highest BCUT2D eigenvalue weighted by Crippen LogP contribution is 2.32. The second-order valence-electron chi connectivity index (χ2n) is 4.17. The van der Waals surface area contributed by atoms with Crippen molar-refractivity contribution >= 4 is 0 Å². The minimum absolute atomic E-state index is 0.109. The van der Waals surface area contributed by atoms with Crippen LogP contribution in [0.15, 0.2) is 0 Å². The minimum Gasteiger partial charge on any atom is -0.396 e. The third-order valence-electron chi connectivity index (χ3n) is 2.90. The summed E-state index contributed by atoms with van der Waals surface area (Å²) in [6.07, 6.45) is 1.27. The van der Waals surface area contributed by atoms with Crippen molar-refractivity contribution in [3.63, 3.8) is 0 Å². The summed E-state index contributed by atoms with van der Waals surface area (Å²) in [5, 5.41) is 18.6. The molecule has 1 aliphatic heterocycles. The lowest BCUT2D eigenvalue weighted by Gasteiger charge is -2.42. The monoisotopic (exact) mass is 173 g/mol. The van der Waals surface area contributed by atoms with Crippen molar-refractivity contribution in [2.75, 3.05) is 26.7 Å². The summed E-state index contributed by atoms with van der Waals surface area (Å²) < 4.78 is 0. The Balaban J connectivity index is 2.57. The maximum absolute atomic E-state index is 9.74. The SMILES string of the molecule is CN1CCC(O)C(C)(CCO)C1. The van der Waals surface area contributed by atoms with Gasteiger partial charge in [-0.3, -0.25) is 0 Å². The zero-order valence-electron chi connectivity index (χ0n) is 7.95. The number of hydrogen-bond donors (Lipinski definition) is 2. The molecule has 12 heavy (non-hydrogen) atoms. The zero-order valence-corrected chi connectivity index (χ0v) is 7.95. The van der Waals surface area contributed by atoms with Crippen LogP contribution >= 0.6 is 0 Å². The molecule has 0 spiro atoms. The van der Waals surface area contributed by atoms with E-state index >= 15 is 0 Å². The van der Waals surface area contributed by atoms with Gasteiger partial charge in [0.05, 0.1) is 6.10 Å². The molecule has 0 radical (unpaired) electrons. The van der Waals surface area contributed by atoms with Gasteiger partial charge in [0.15, 0.2) is 0 Å². The molecule has 2 unspecified atom stereocenters. The van der Waals surface area contributed by atoms with Gasteiger partial charge in [0.2, 0.25) is 0 Å². The average molecular weight is 173 g/mol. The van der Waals surface area contributed by atoms with Crippen LogP contribution in [0.25, 0.3) is 0 Å². The quantitative estimate of drug-likeness (QED) is 0.621. The van der Waals surface area contributed by atoms with Crippen molar-refractivity contribution in [3.8, 4) is 0 Å². The second-order valence-corrected chi connectivity index (χ2v) is 4.17. The van der Waals surface area contributed by atoms with E-state index in [9.17, 15) is 5.11 Å². The first-order valence-corrected chi connectivity index (χ1v) is 4.56. The molecule has 1 rings (SSSR count). The minimum atomic E-state index is -0.249. The Kier molecular flexibility index (Phi) is 3.09. The van der Waals surface area contributed by atoms with Crippen molar-refractivity contribution in [3.05, 3.63) is 0 Å². The van der Waals surface area contributed by atoms with Crippen molar-refractivity contribution < 1.29 is 10.2 Å². The Morgan fingerprint density at radius 2 is 2.25 bits per heavy atom. The van der Waals surface area contributed by atoms with E-state index in [-0.39, 0.29) is 18.1 Å². The van der Waals surface area contributed by atoms with Crippen molar-refractivity contribution in [1.82, 2.24) is 4.90 Å². The van der Waals surface area contributed by atoms with Gasteiger partial charge in [0.1, 0.15) is 0 Å². The van der Waals surface area contributed by atoms with E-state index in [4.69, 9.17) is 5.11 Å². The summed E-state index contributed by atoms with van der Waals surface area (Å²) in [6.45, 7) is 4.06. The highest BCUT2D eigenvalue weighted by molar-refractivity contribution is 4.89. The molecule has 72 valence electrons. The van der Waals surface area contributed by atoms with Crippen LogP contribution in [-0.2, 0) is 0 Å². The molecule has 3 heteroatoms. The lowest BCUT2D eigenvalue weighted by Crippen LogP contribution is -2.49. The Hall–Kier alpha value is -0.120. The van der Waals surface area contributed by atoms with Crippen LogP contribution < -0.4 is 0 Å². The summed E-state index contributed by atoms with van der Waals surface area (Å²) in [5.41, 5.74) is -0.109. The van der Waals surface area contributed by atoms with Gasteiger partial charge in [-0.2, -0.15) is 0 Å². The van der Waals surface area contributed by atoms with Crippen LogP contribution in [-0.4, -0.2) is 48.0 Å². The molecule has 0 aromatic carbocycles. The van der Waals surface area contributed by atoms with E-state index in [0.29, 0.717) is 6.42 Å². The molecule has 1 heterocycles. The van der Waals surface area contributed by atoms with Crippen LogP contribution in [0.1, 0.15) is 19.8 Å². The van der Waals surface area contributed by atoms with Gasteiger partial charge in [-0.25, -0.2) is 0 Å². The maximum atomic E-state index is 9.74. The molecular weight excluding hydrogens is 154 g/mol. The van der Waals surface area contributed by atoms with E-state index < -0.39 is 0 Å². The van der Waals surface area contributed by atoms with E-state index in [2.05, 4.69) is 11.9 Å².